The Morgan fingerprint density at radius 3 is 2.82 bits per heavy atom. The second-order valence-electron chi connectivity index (χ2n) is 10.2. The van der Waals surface area contributed by atoms with Crippen LogP contribution in [0.4, 0.5) is 0 Å². The molecule has 176 valence electrons. The Hall–Kier alpha value is -2.58. The number of piperazine rings is 1. The molecule has 2 atom stereocenters. The van der Waals surface area contributed by atoms with Gasteiger partial charge in [-0.2, -0.15) is 0 Å². The molecule has 0 amide bonds. The molecule has 1 N–H and O–H groups in total. The van der Waals surface area contributed by atoms with E-state index in [9.17, 15) is 4.79 Å². The number of nitrogens with one attached hydrogen (secondary N) is 1. The quantitative estimate of drug-likeness (QED) is 0.623. The first-order chi connectivity index (χ1) is 15.9. The summed E-state index contributed by atoms with van der Waals surface area (Å²) in [4.78, 5) is 21.6. The summed E-state index contributed by atoms with van der Waals surface area (Å²) in [5.41, 5.74) is 2.55. The number of hydrogen-bond donors (Lipinski definition) is 1. The standard InChI is InChI=1S/C25H35N7O/c1-5-17-9-10-21-18(14-17)15-20(24(33)26-21)22(23-27-28-29-32(23)25(3,4)6-2)31-13-12-30-11-7-8-19(30)16-31/h9-10,14-15,19,22H,5-8,11-13,16H2,1-4H3,(H,26,33). The largest absolute Gasteiger partial charge is 0.322 e. The lowest BCUT2D eigenvalue weighted by molar-refractivity contribution is 0.0767. The van der Waals surface area contributed by atoms with Gasteiger partial charge in [0.25, 0.3) is 5.56 Å². The molecule has 2 unspecified atom stereocenters. The van der Waals surface area contributed by atoms with Crippen LogP contribution < -0.4 is 5.56 Å². The van der Waals surface area contributed by atoms with Crippen LogP contribution in [0.15, 0.2) is 29.1 Å². The summed E-state index contributed by atoms with van der Waals surface area (Å²) in [7, 11) is 0. The first kappa shape index (κ1) is 22.2. The number of aryl methyl sites for hydroxylation is 1. The molecule has 2 aliphatic heterocycles. The molecule has 2 aliphatic rings. The first-order valence-electron chi connectivity index (χ1n) is 12.3. The molecule has 2 fully saturated rings. The van der Waals surface area contributed by atoms with Crippen molar-refractivity contribution < 1.29 is 0 Å². The normalized spacial score (nSPS) is 20.9. The van der Waals surface area contributed by atoms with E-state index in [2.05, 4.69) is 76.2 Å². The molecular weight excluding hydrogens is 414 g/mol. The van der Waals surface area contributed by atoms with Gasteiger partial charge in [0.15, 0.2) is 5.82 Å². The molecule has 33 heavy (non-hydrogen) atoms. The number of hydrogen-bond acceptors (Lipinski definition) is 6. The summed E-state index contributed by atoms with van der Waals surface area (Å²) in [5, 5.41) is 14.0. The smallest absolute Gasteiger partial charge is 0.253 e. The minimum atomic E-state index is -0.285. The molecule has 0 aliphatic carbocycles. The van der Waals surface area contributed by atoms with Crippen LogP contribution in [0.25, 0.3) is 10.9 Å². The Kier molecular flexibility index (Phi) is 5.82. The van der Waals surface area contributed by atoms with Crippen LogP contribution in [0.1, 0.15) is 70.0 Å². The van der Waals surface area contributed by atoms with E-state index < -0.39 is 0 Å². The van der Waals surface area contributed by atoms with E-state index in [1.807, 2.05) is 10.7 Å². The van der Waals surface area contributed by atoms with Gasteiger partial charge in [0, 0.05) is 36.8 Å². The minimum absolute atomic E-state index is 0.0607. The molecule has 0 bridgehead atoms. The number of H-pyrrole nitrogens is 1. The number of rotatable bonds is 6. The van der Waals surface area contributed by atoms with Crippen LogP contribution in [0.2, 0.25) is 0 Å². The molecule has 0 saturated carbocycles. The summed E-state index contributed by atoms with van der Waals surface area (Å²) in [6.07, 6.45) is 4.31. The van der Waals surface area contributed by atoms with E-state index in [0.29, 0.717) is 6.04 Å². The van der Waals surface area contributed by atoms with Crippen LogP contribution in [0.5, 0.6) is 0 Å². The van der Waals surface area contributed by atoms with Gasteiger partial charge in [0.05, 0.1) is 5.54 Å². The van der Waals surface area contributed by atoms with Gasteiger partial charge in [-0.25, -0.2) is 4.68 Å². The van der Waals surface area contributed by atoms with Crippen molar-refractivity contribution >= 4 is 10.9 Å². The zero-order chi connectivity index (χ0) is 23.2. The minimum Gasteiger partial charge on any atom is -0.322 e. The number of aromatic amines is 1. The number of nitrogens with zero attached hydrogens (tertiary/aromatic N) is 6. The molecule has 8 nitrogen and oxygen atoms in total. The van der Waals surface area contributed by atoms with E-state index in [1.54, 1.807) is 0 Å². The first-order valence-corrected chi connectivity index (χ1v) is 12.3. The molecule has 0 radical (unpaired) electrons. The average molecular weight is 450 g/mol. The maximum Gasteiger partial charge on any atom is 0.253 e. The summed E-state index contributed by atoms with van der Waals surface area (Å²) in [5.74, 6) is 0.754. The third-order valence-corrected chi connectivity index (χ3v) is 7.80. The van der Waals surface area contributed by atoms with Gasteiger partial charge in [-0.05, 0) is 85.7 Å². The van der Waals surface area contributed by atoms with Crippen molar-refractivity contribution in [2.75, 3.05) is 26.2 Å². The van der Waals surface area contributed by atoms with Crippen molar-refractivity contribution in [3.8, 4) is 0 Å². The highest BCUT2D eigenvalue weighted by atomic mass is 16.1. The van der Waals surface area contributed by atoms with Gasteiger partial charge in [-0.15, -0.1) is 5.10 Å². The Bertz CT molecular complexity index is 1200. The van der Waals surface area contributed by atoms with Gasteiger partial charge in [0.2, 0.25) is 0 Å². The Morgan fingerprint density at radius 1 is 1.18 bits per heavy atom. The van der Waals surface area contributed by atoms with Crippen molar-refractivity contribution in [2.24, 2.45) is 0 Å². The van der Waals surface area contributed by atoms with Gasteiger partial charge < -0.3 is 4.98 Å². The van der Waals surface area contributed by atoms with Gasteiger partial charge >= 0.3 is 0 Å². The van der Waals surface area contributed by atoms with Gasteiger partial charge in [-0.1, -0.05) is 19.9 Å². The van der Waals surface area contributed by atoms with Gasteiger partial charge in [-0.3, -0.25) is 14.6 Å². The third kappa shape index (κ3) is 3.99. The van der Waals surface area contributed by atoms with Crippen molar-refractivity contribution in [1.29, 1.82) is 0 Å². The molecule has 1 aromatic carbocycles. The predicted molar refractivity (Wildman–Crippen MR) is 129 cm³/mol. The molecule has 5 rings (SSSR count). The van der Waals surface area contributed by atoms with Crippen molar-refractivity contribution in [1.82, 2.24) is 35.0 Å². The van der Waals surface area contributed by atoms with Gasteiger partial charge in [0.1, 0.15) is 6.04 Å². The van der Waals surface area contributed by atoms with E-state index in [1.165, 1.54) is 24.9 Å². The lowest BCUT2D eigenvalue weighted by Crippen LogP contribution is -2.52. The molecule has 3 aromatic rings. The summed E-state index contributed by atoms with van der Waals surface area (Å²) in [6.45, 7) is 12.6. The predicted octanol–water partition coefficient (Wildman–Crippen LogP) is 3.09. The number of aromatic nitrogens is 5. The highest BCUT2D eigenvalue weighted by Crippen LogP contribution is 2.33. The Labute approximate surface area is 195 Å². The maximum atomic E-state index is 13.5. The monoisotopic (exact) mass is 449 g/mol. The fourth-order valence-electron chi connectivity index (χ4n) is 5.39. The lowest BCUT2D eigenvalue weighted by Gasteiger charge is -2.41. The van der Waals surface area contributed by atoms with Crippen molar-refractivity contribution in [2.45, 2.75) is 71.0 Å². The van der Waals surface area contributed by atoms with Crippen LogP contribution >= 0.6 is 0 Å². The van der Waals surface area contributed by atoms with E-state index in [-0.39, 0.29) is 17.1 Å². The summed E-state index contributed by atoms with van der Waals surface area (Å²) in [6, 6.07) is 8.59. The molecule has 2 aromatic heterocycles. The summed E-state index contributed by atoms with van der Waals surface area (Å²) >= 11 is 0. The van der Waals surface area contributed by atoms with Crippen LogP contribution in [-0.2, 0) is 12.0 Å². The average Bonchev–Trinajstić information content (AvgIpc) is 3.49. The molecule has 4 heterocycles. The van der Waals surface area contributed by atoms with E-state index in [4.69, 9.17) is 0 Å². The van der Waals surface area contributed by atoms with Crippen LogP contribution in [0.3, 0.4) is 0 Å². The fraction of sp³-hybridized carbons (Fsp3) is 0.600. The molecule has 0 spiro atoms. The van der Waals surface area contributed by atoms with E-state index >= 15 is 0 Å². The zero-order valence-corrected chi connectivity index (χ0v) is 20.2. The fourth-order valence-corrected chi connectivity index (χ4v) is 5.39. The summed E-state index contributed by atoms with van der Waals surface area (Å²) < 4.78 is 1.94. The Morgan fingerprint density at radius 2 is 2.03 bits per heavy atom. The Balaban J connectivity index is 1.66. The lowest BCUT2D eigenvalue weighted by atomic mass is 9.97. The number of tetrazole rings is 1. The molecule has 8 heteroatoms. The number of benzene rings is 1. The van der Waals surface area contributed by atoms with Crippen LogP contribution in [-0.4, -0.2) is 67.2 Å². The number of fused-ring (bicyclic) bond motifs is 2. The van der Waals surface area contributed by atoms with Crippen molar-refractivity contribution in [3.63, 3.8) is 0 Å². The topological polar surface area (TPSA) is 82.9 Å². The highest BCUT2D eigenvalue weighted by molar-refractivity contribution is 5.80. The second kappa shape index (κ2) is 8.65. The van der Waals surface area contributed by atoms with Crippen LogP contribution in [0, 0.1) is 0 Å². The van der Waals surface area contributed by atoms with E-state index in [0.717, 1.165) is 54.8 Å². The SMILES string of the molecule is CCc1ccc2[nH]c(=O)c(C(c3nnnn3C(C)(C)CC)N3CCN4CCCC4C3)cc2c1. The second-order valence-corrected chi connectivity index (χ2v) is 10.2. The third-order valence-electron chi connectivity index (χ3n) is 7.80. The maximum absolute atomic E-state index is 13.5. The number of pyridine rings is 1. The zero-order valence-electron chi connectivity index (χ0n) is 20.2. The van der Waals surface area contributed by atoms with Crippen molar-refractivity contribution in [3.05, 3.63) is 51.6 Å². The molecular formula is C25H35N7O. The highest BCUT2D eigenvalue weighted by Gasteiger charge is 2.39. The molecule has 2 saturated heterocycles.